The van der Waals surface area contributed by atoms with E-state index in [9.17, 15) is 4.79 Å². The molecule has 28 heavy (non-hydrogen) atoms. The first kappa shape index (κ1) is 17.9. The maximum absolute atomic E-state index is 12.5. The molecule has 0 bridgehead atoms. The molecular formula is C21H15ClN4O2. The van der Waals surface area contributed by atoms with Crippen LogP contribution in [0.1, 0.15) is 5.56 Å². The van der Waals surface area contributed by atoms with Crippen LogP contribution in [0.4, 0.5) is 5.88 Å². The summed E-state index contributed by atoms with van der Waals surface area (Å²) in [5.74, 6) is 0.0184. The maximum Gasteiger partial charge on any atom is 0.241 e. The number of hydrogen-bond donors (Lipinski definition) is 1. The minimum atomic E-state index is -0.213. The molecule has 0 aliphatic carbocycles. The molecule has 1 N–H and O–H groups in total. The lowest BCUT2D eigenvalue weighted by atomic mass is 10.0. The van der Waals surface area contributed by atoms with Crippen LogP contribution in [0.3, 0.4) is 0 Å². The van der Waals surface area contributed by atoms with Crippen molar-refractivity contribution in [2.24, 2.45) is 0 Å². The summed E-state index contributed by atoms with van der Waals surface area (Å²) in [6.07, 6.45) is 3.27. The van der Waals surface area contributed by atoms with E-state index in [1.807, 2.05) is 42.5 Å². The molecule has 0 saturated heterocycles. The molecule has 138 valence electrons. The van der Waals surface area contributed by atoms with Gasteiger partial charge in [0, 0.05) is 16.8 Å². The summed E-state index contributed by atoms with van der Waals surface area (Å²) in [6, 6.07) is 18.4. The number of benzene rings is 2. The van der Waals surface area contributed by atoms with Crippen molar-refractivity contribution in [1.82, 2.24) is 15.1 Å². The normalized spacial score (nSPS) is 10.6. The highest BCUT2D eigenvalue weighted by Gasteiger charge is 2.22. The lowest BCUT2D eigenvalue weighted by Crippen LogP contribution is -2.14. The molecule has 0 radical (unpaired) electrons. The molecule has 0 aliphatic rings. The second kappa shape index (κ2) is 8.02. The molecule has 0 spiro atoms. The smallest absolute Gasteiger partial charge is 0.241 e. The molecule has 7 heteroatoms. The number of anilines is 1. The highest BCUT2D eigenvalue weighted by molar-refractivity contribution is 6.30. The third-order valence-corrected chi connectivity index (χ3v) is 4.32. The molecular weight excluding hydrogens is 376 g/mol. The van der Waals surface area contributed by atoms with Gasteiger partial charge in [-0.2, -0.15) is 0 Å². The Hall–Kier alpha value is -3.51. The van der Waals surface area contributed by atoms with Crippen LogP contribution in [0.15, 0.2) is 77.7 Å². The highest BCUT2D eigenvalue weighted by Crippen LogP contribution is 2.37. The van der Waals surface area contributed by atoms with E-state index in [0.717, 1.165) is 11.1 Å². The zero-order chi connectivity index (χ0) is 19.3. The molecule has 0 aliphatic heterocycles. The molecule has 2 aromatic carbocycles. The van der Waals surface area contributed by atoms with E-state index in [0.29, 0.717) is 22.0 Å². The number of nitrogens with zero attached hydrogens (tertiary/aromatic N) is 3. The average Bonchev–Trinajstić information content (AvgIpc) is 3.13. The summed E-state index contributed by atoms with van der Waals surface area (Å²) >= 11 is 6.12. The van der Waals surface area contributed by atoms with Gasteiger partial charge in [-0.3, -0.25) is 10.1 Å². The lowest BCUT2D eigenvalue weighted by Gasteiger charge is -2.06. The fraction of sp³-hybridized carbons (Fsp3) is 0.0476. The second-order valence-electron chi connectivity index (χ2n) is 6.05. The predicted octanol–water partition coefficient (Wildman–Crippen LogP) is 4.63. The van der Waals surface area contributed by atoms with Gasteiger partial charge in [0.1, 0.15) is 12.0 Å². The zero-order valence-electron chi connectivity index (χ0n) is 14.7. The van der Waals surface area contributed by atoms with Crippen molar-refractivity contribution in [3.05, 3.63) is 83.8 Å². The van der Waals surface area contributed by atoms with Crippen molar-refractivity contribution in [2.75, 3.05) is 5.32 Å². The van der Waals surface area contributed by atoms with E-state index in [1.54, 1.807) is 24.4 Å². The van der Waals surface area contributed by atoms with Crippen LogP contribution in [-0.2, 0) is 11.2 Å². The Balaban J connectivity index is 1.70. The number of amides is 1. The van der Waals surface area contributed by atoms with Gasteiger partial charge in [0.05, 0.1) is 17.7 Å². The molecule has 0 saturated carbocycles. The molecule has 2 heterocycles. The van der Waals surface area contributed by atoms with E-state index >= 15 is 0 Å². The Morgan fingerprint density at radius 1 is 1.07 bits per heavy atom. The van der Waals surface area contributed by atoms with Crippen molar-refractivity contribution < 1.29 is 9.32 Å². The first-order valence-corrected chi connectivity index (χ1v) is 8.94. The highest BCUT2D eigenvalue weighted by atomic mass is 35.5. The summed E-state index contributed by atoms with van der Waals surface area (Å²) in [4.78, 5) is 20.7. The number of aromatic nitrogens is 3. The molecule has 0 unspecified atom stereocenters. The van der Waals surface area contributed by atoms with Gasteiger partial charge in [-0.1, -0.05) is 59.2 Å². The van der Waals surface area contributed by atoms with Gasteiger partial charge in [-0.15, -0.1) is 0 Å². The van der Waals surface area contributed by atoms with E-state index in [2.05, 4.69) is 20.4 Å². The molecule has 6 nitrogen and oxygen atoms in total. The largest absolute Gasteiger partial charge is 0.337 e. The van der Waals surface area contributed by atoms with Gasteiger partial charge in [-0.05, 0) is 23.8 Å². The monoisotopic (exact) mass is 390 g/mol. The average molecular weight is 391 g/mol. The number of rotatable bonds is 5. The Morgan fingerprint density at radius 3 is 2.68 bits per heavy atom. The van der Waals surface area contributed by atoms with E-state index in [1.165, 1.54) is 6.33 Å². The summed E-state index contributed by atoms with van der Waals surface area (Å²) < 4.78 is 5.47. The van der Waals surface area contributed by atoms with Crippen molar-refractivity contribution in [3.63, 3.8) is 0 Å². The predicted molar refractivity (Wildman–Crippen MR) is 107 cm³/mol. The topological polar surface area (TPSA) is 80.9 Å². The fourth-order valence-corrected chi connectivity index (χ4v) is 3.03. The lowest BCUT2D eigenvalue weighted by molar-refractivity contribution is -0.115. The molecule has 1 amide bonds. The van der Waals surface area contributed by atoms with Crippen LogP contribution in [0.25, 0.3) is 22.5 Å². The van der Waals surface area contributed by atoms with Gasteiger partial charge < -0.3 is 4.52 Å². The maximum atomic E-state index is 12.5. The molecule has 4 aromatic rings. The van der Waals surface area contributed by atoms with Crippen molar-refractivity contribution in [2.45, 2.75) is 6.42 Å². The van der Waals surface area contributed by atoms with Crippen LogP contribution >= 0.6 is 11.6 Å². The van der Waals surface area contributed by atoms with Gasteiger partial charge in [0.25, 0.3) is 0 Å². The number of halogens is 1. The minimum absolute atomic E-state index is 0.213. The van der Waals surface area contributed by atoms with Crippen LogP contribution in [0.2, 0.25) is 5.02 Å². The molecule has 0 atom stereocenters. The minimum Gasteiger partial charge on any atom is -0.337 e. The van der Waals surface area contributed by atoms with Gasteiger partial charge in [-0.25, -0.2) is 9.97 Å². The van der Waals surface area contributed by atoms with Gasteiger partial charge in [0.15, 0.2) is 0 Å². The fourth-order valence-electron chi connectivity index (χ4n) is 2.84. The third kappa shape index (κ3) is 3.92. The van der Waals surface area contributed by atoms with E-state index in [4.69, 9.17) is 16.1 Å². The zero-order valence-corrected chi connectivity index (χ0v) is 15.4. The molecule has 4 rings (SSSR count). The molecule has 0 fully saturated rings. The Kier molecular flexibility index (Phi) is 5.12. The first-order chi connectivity index (χ1) is 13.7. The van der Waals surface area contributed by atoms with Crippen molar-refractivity contribution in [3.8, 4) is 22.5 Å². The van der Waals surface area contributed by atoms with Crippen LogP contribution in [0.5, 0.6) is 0 Å². The quantitative estimate of drug-likeness (QED) is 0.537. The Morgan fingerprint density at radius 2 is 1.93 bits per heavy atom. The van der Waals surface area contributed by atoms with Crippen LogP contribution in [0, 0.1) is 0 Å². The molecule has 2 aromatic heterocycles. The van der Waals surface area contributed by atoms with E-state index < -0.39 is 0 Å². The Bertz CT molecular complexity index is 1100. The van der Waals surface area contributed by atoms with Crippen molar-refractivity contribution in [1.29, 1.82) is 0 Å². The van der Waals surface area contributed by atoms with Gasteiger partial charge in [0.2, 0.25) is 11.8 Å². The summed E-state index contributed by atoms with van der Waals surface area (Å²) in [7, 11) is 0. The van der Waals surface area contributed by atoms with Crippen LogP contribution < -0.4 is 5.32 Å². The third-order valence-electron chi connectivity index (χ3n) is 4.09. The summed E-state index contributed by atoms with van der Waals surface area (Å²) in [5.41, 5.74) is 3.36. The first-order valence-electron chi connectivity index (χ1n) is 8.56. The standard InChI is InChI=1S/C21H15ClN4O2/c22-16-8-4-7-15(12-16)20-19(17-9-10-23-13-24-17)21(28-26-20)25-18(27)11-14-5-2-1-3-6-14/h1-10,12-13H,11H2,(H,25,27). The summed E-state index contributed by atoms with van der Waals surface area (Å²) in [6.45, 7) is 0. The van der Waals surface area contributed by atoms with Crippen LogP contribution in [-0.4, -0.2) is 21.0 Å². The summed E-state index contributed by atoms with van der Waals surface area (Å²) in [5, 5.41) is 7.53. The number of carbonyl (C=O) groups is 1. The second-order valence-corrected chi connectivity index (χ2v) is 6.49. The van der Waals surface area contributed by atoms with E-state index in [-0.39, 0.29) is 18.2 Å². The van der Waals surface area contributed by atoms with Gasteiger partial charge >= 0.3 is 0 Å². The Labute approximate surface area is 166 Å². The SMILES string of the molecule is O=C(Cc1ccccc1)Nc1onc(-c2cccc(Cl)c2)c1-c1ccncn1. The number of carbonyl (C=O) groups excluding carboxylic acids is 1. The number of hydrogen-bond acceptors (Lipinski definition) is 5. The van der Waals surface area contributed by atoms with Crippen molar-refractivity contribution >= 4 is 23.4 Å². The number of nitrogens with one attached hydrogen (secondary N) is 1.